The maximum absolute atomic E-state index is 5.62. The molecule has 0 aliphatic carbocycles. The van der Waals surface area contributed by atoms with E-state index in [1.165, 1.54) is 89.9 Å². The molecule has 0 aliphatic heterocycles. The van der Waals surface area contributed by atoms with E-state index in [-0.39, 0.29) is 0 Å². The van der Waals surface area contributed by atoms with Gasteiger partial charge < -0.3 is 4.74 Å². The Morgan fingerprint density at radius 3 is 1.27 bits per heavy atom. The molecule has 0 atom stereocenters. The summed E-state index contributed by atoms with van der Waals surface area (Å²) in [6.45, 7) is 4.13. The largest absolute Gasteiger partial charge is 0.381 e. The third kappa shape index (κ3) is 20.2. The highest BCUT2D eigenvalue weighted by Crippen LogP contribution is 2.12. The van der Waals surface area contributed by atoms with E-state index in [9.17, 15) is 0 Å². The first kappa shape index (κ1) is 22.2. The number of hydrogen-bond acceptors (Lipinski definition) is 1. The minimum atomic E-state index is 0.766. The smallest absolute Gasteiger partial charge is 0.0466 e. The maximum atomic E-state index is 5.62. The topological polar surface area (TPSA) is 9.23 Å². The Kier molecular flexibility index (Phi) is 21.5. The summed E-state index contributed by atoms with van der Waals surface area (Å²) in [7, 11) is 0. The molecule has 0 saturated carbocycles. The molecule has 0 fully saturated rings. The summed E-state index contributed by atoms with van der Waals surface area (Å²) in [5, 5.41) is 0. The molecule has 0 bridgehead atoms. The van der Waals surface area contributed by atoms with Crippen molar-refractivity contribution < 1.29 is 4.74 Å². The third-order valence-electron chi connectivity index (χ3n) is 4.31. The number of rotatable bonds is 19. The van der Waals surface area contributed by atoms with Crippen molar-refractivity contribution >= 4 is 11.6 Å². The summed E-state index contributed by atoms with van der Waals surface area (Å²) in [5.41, 5.74) is 0. The van der Waals surface area contributed by atoms with Gasteiger partial charge in [0.2, 0.25) is 0 Å². The molecule has 0 unspecified atom stereocenters. The average molecular weight is 333 g/mol. The summed E-state index contributed by atoms with van der Waals surface area (Å²) < 4.78 is 5.58. The van der Waals surface area contributed by atoms with E-state index >= 15 is 0 Å². The van der Waals surface area contributed by atoms with Crippen LogP contribution in [-0.4, -0.2) is 19.1 Å². The summed E-state index contributed by atoms with van der Waals surface area (Å²) in [4.78, 5) is 0. The van der Waals surface area contributed by atoms with Gasteiger partial charge in [0.15, 0.2) is 0 Å². The molecule has 134 valence electrons. The van der Waals surface area contributed by atoms with E-state index in [0.717, 1.165) is 31.9 Å². The second kappa shape index (κ2) is 21.2. The van der Waals surface area contributed by atoms with Crippen LogP contribution in [0.1, 0.15) is 110 Å². The number of unbranched alkanes of at least 4 members (excludes halogenated alkanes) is 14. The summed E-state index contributed by atoms with van der Waals surface area (Å²) in [6, 6.07) is 0. The van der Waals surface area contributed by atoms with E-state index in [2.05, 4.69) is 6.92 Å². The van der Waals surface area contributed by atoms with E-state index in [1.54, 1.807) is 0 Å². The zero-order chi connectivity index (χ0) is 16.1. The minimum absolute atomic E-state index is 0.766. The Labute approximate surface area is 145 Å². The number of ether oxygens (including phenoxy) is 1. The Balaban J connectivity index is 2.91. The van der Waals surface area contributed by atoms with Crippen molar-refractivity contribution in [2.75, 3.05) is 19.1 Å². The van der Waals surface area contributed by atoms with Gasteiger partial charge in [0, 0.05) is 19.1 Å². The summed E-state index contributed by atoms with van der Waals surface area (Å²) in [6.07, 6.45) is 22.0. The molecule has 0 aromatic heterocycles. The lowest BCUT2D eigenvalue weighted by Gasteiger charge is -2.04. The second-order valence-corrected chi connectivity index (χ2v) is 6.98. The second-order valence-electron chi connectivity index (χ2n) is 6.60. The monoisotopic (exact) mass is 332 g/mol. The molecule has 0 aromatic carbocycles. The molecular formula is C20H41ClO. The molecule has 0 saturated heterocycles. The Morgan fingerprint density at radius 2 is 0.864 bits per heavy atom. The Morgan fingerprint density at radius 1 is 0.500 bits per heavy atom. The van der Waals surface area contributed by atoms with Crippen molar-refractivity contribution in [3.63, 3.8) is 0 Å². The number of hydrogen-bond donors (Lipinski definition) is 0. The van der Waals surface area contributed by atoms with Crippen LogP contribution in [0.25, 0.3) is 0 Å². The summed E-state index contributed by atoms with van der Waals surface area (Å²) in [5.74, 6) is 0.766. The molecule has 0 aliphatic rings. The van der Waals surface area contributed by atoms with Crippen LogP contribution in [0.2, 0.25) is 0 Å². The van der Waals surface area contributed by atoms with Crippen molar-refractivity contribution in [1.82, 2.24) is 0 Å². The van der Waals surface area contributed by atoms with Gasteiger partial charge in [-0.2, -0.15) is 0 Å². The fourth-order valence-corrected chi connectivity index (χ4v) is 2.99. The predicted octanol–water partition coefficient (Wildman–Crippen LogP) is 7.50. The van der Waals surface area contributed by atoms with E-state index < -0.39 is 0 Å². The standard InChI is InChI=1S/C20H41ClO/c1-2-3-4-5-6-7-8-9-10-11-12-13-14-16-19-22-20-17-15-18-21/h2-20H2,1H3. The quantitative estimate of drug-likeness (QED) is 0.176. The molecule has 0 radical (unpaired) electrons. The van der Waals surface area contributed by atoms with E-state index in [0.29, 0.717) is 0 Å². The predicted molar refractivity (Wildman–Crippen MR) is 101 cm³/mol. The summed E-state index contributed by atoms with van der Waals surface area (Å²) >= 11 is 5.62. The molecular weight excluding hydrogens is 292 g/mol. The molecule has 2 heteroatoms. The van der Waals surface area contributed by atoms with Crippen molar-refractivity contribution in [3.05, 3.63) is 0 Å². The van der Waals surface area contributed by atoms with Gasteiger partial charge in [-0.1, -0.05) is 90.4 Å². The van der Waals surface area contributed by atoms with Gasteiger partial charge in [-0.05, 0) is 19.3 Å². The van der Waals surface area contributed by atoms with Crippen LogP contribution in [0.4, 0.5) is 0 Å². The van der Waals surface area contributed by atoms with Gasteiger partial charge >= 0.3 is 0 Å². The first-order chi connectivity index (χ1) is 10.9. The van der Waals surface area contributed by atoms with Gasteiger partial charge in [0.1, 0.15) is 0 Å². The van der Waals surface area contributed by atoms with Crippen LogP contribution in [0, 0.1) is 0 Å². The SMILES string of the molecule is CCCCCCCCCCCCCCCCOCCCCCl. The molecule has 0 N–H and O–H groups in total. The van der Waals surface area contributed by atoms with Crippen LogP contribution < -0.4 is 0 Å². The maximum Gasteiger partial charge on any atom is 0.0466 e. The zero-order valence-corrected chi connectivity index (χ0v) is 16.0. The first-order valence-electron chi connectivity index (χ1n) is 10.1. The number of halogens is 1. The first-order valence-corrected chi connectivity index (χ1v) is 10.6. The van der Waals surface area contributed by atoms with E-state index in [4.69, 9.17) is 16.3 Å². The lowest BCUT2D eigenvalue weighted by atomic mass is 10.0. The molecule has 0 amide bonds. The highest BCUT2D eigenvalue weighted by Gasteiger charge is 1.94. The van der Waals surface area contributed by atoms with Crippen LogP contribution in [0.15, 0.2) is 0 Å². The molecule has 0 heterocycles. The fourth-order valence-electron chi connectivity index (χ4n) is 2.80. The highest BCUT2D eigenvalue weighted by molar-refractivity contribution is 6.17. The van der Waals surface area contributed by atoms with Crippen molar-refractivity contribution in [2.24, 2.45) is 0 Å². The lowest BCUT2D eigenvalue weighted by molar-refractivity contribution is 0.127. The molecule has 0 aromatic rings. The average Bonchev–Trinajstić information content (AvgIpc) is 2.54. The van der Waals surface area contributed by atoms with Gasteiger partial charge in [-0.3, -0.25) is 0 Å². The molecule has 22 heavy (non-hydrogen) atoms. The highest BCUT2D eigenvalue weighted by atomic mass is 35.5. The van der Waals surface area contributed by atoms with Crippen LogP contribution in [0.3, 0.4) is 0 Å². The molecule has 1 nitrogen and oxygen atoms in total. The van der Waals surface area contributed by atoms with Gasteiger partial charge in [0.25, 0.3) is 0 Å². The van der Waals surface area contributed by atoms with Crippen LogP contribution in [0.5, 0.6) is 0 Å². The van der Waals surface area contributed by atoms with Crippen molar-refractivity contribution in [3.8, 4) is 0 Å². The van der Waals surface area contributed by atoms with Gasteiger partial charge in [-0.15, -0.1) is 11.6 Å². The third-order valence-corrected chi connectivity index (χ3v) is 4.58. The minimum Gasteiger partial charge on any atom is -0.381 e. The number of alkyl halides is 1. The molecule has 0 rings (SSSR count). The van der Waals surface area contributed by atoms with Gasteiger partial charge in [-0.25, -0.2) is 0 Å². The Bertz CT molecular complexity index is 165. The zero-order valence-electron chi connectivity index (χ0n) is 15.2. The van der Waals surface area contributed by atoms with Crippen molar-refractivity contribution in [2.45, 2.75) is 110 Å². The van der Waals surface area contributed by atoms with Gasteiger partial charge in [0.05, 0.1) is 0 Å². The normalized spacial score (nSPS) is 11.2. The fraction of sp³-hybridized carbons (Fsp3) is 1.00. The van der Waals surface area contributed by atoms with Crippen LogP contribution >= 0.6 is 11.6 Å². The lowest BCUT2D eigenvalue weighted by Crippen LogP contribution is -1.97. The molecule has 0 spiro atoms. The van der Waals surface area contributed by atoms with E-state index in [1.807, 2.05) is 0 Å². The van der Waals surface area contributed by atoms with Crippen LogP contribution in [-0.2, 0) is 4.74 Å². The Hall–Kier alpha value is 0.250. The van der Waals surface area contributed by atoms with Crippen molar-refractivity contribution in [1.29, 1.82) is 0 Å².